The van der Waals surface area contributed by atoms with Crippen molar-refractivity contribution < 1.29 is 19.1 Å². The molecule has 1 aliphatic heterocycles. The predicted molar refractivity (Wildman–Crippen MR) is 96.4 cm³/mol. The van der Waals surface area contributed by atoms with Crippen molar-refractivity contribution in [1.29, 1.82) is 0 Å². The van der Waals surface area contributed by atoms with Gasteiger partial charge in [0.25, 0.3) is 0 Å². The molecular formula is C19H24ClNO4. The van der Waals surface area contributed by atoms with E-state index in [1.807, 2.05) is 39.0 Å². The van der Waals surface area contributed by atoms with Crippen molar-refractivity contribution in [1.82, 2.24) is 4.90 Å². The van der Waals surface area contributed by atoms with Crippen LogP contribution in [-0.2, 0) is 14.3 Å². The summed E-state index contributed by atoms with van der Waals surface area (Å²) in [6.45, 7) is 5.48. The van der Waals surface area contributed by atoms with Crippen LogP contribution in [0.25, 0.3) is 0 Å². The maximum Gasteiger partial charge on any atom is 0.411 e. The van der Waals surface area contributed by atoms with E-state index in [1.165, 1.54) is 13.2 Å². The van der Waals surface area contributed by atoms with E-state index in [-0.39, 0.29) is 12.1 Å². The maximum absolute atomic E-state index is 12.8. The first kappa shape index (κ1) is 19.3. The Labute approximate surface area is 153 Å². The molecule has 0 N–H and O–H groups in total. The van der Waals surface area contributed by atoms with E-state index >= 15 is 0 Å². The Morgan fingerprint density at radius 1 is 1.28 bits per heavy atom. The van der Waals surface area contributed by atoms with Gasteiger partial charge in [0.05, 0.1) is 19.2 Å². The van der Waals surface area contributed by atoms with Gasteiger partial charge in [0.15, 0.2) is 0 Å². The molecule has 136 valence electrons. The number of carbonyl (C=O) groups is 2. The van der Waals surface area contributed by atoms with Crippen molar-refractivity contribution >= 4 is 23.7 Å². The third-order valence-electron chi connectivity index (χ3n) is 3.92. The summed E-state index contributed by atoms with van der Waals surface area (Å²) in [6.07, 6.45) is 4.12. The summed E-state index contributed by atoms with van der Waals surface area (Å²) in [6, 6.07) is 7.07. The molecule has 0 bridgehead atoms. The third kappa shape index (κ3) is 5.23. The molecule has 0 aliphatic carbocycles. The lowest BCUT2D eigenvalue weighted by Crippen LogP contribution is -2.40. The van der Waals surface area contributed by atoms with E-state index in [2.05, 4.69) is 4.74 Å². The van der Waals surface area contributed by atoms with Crippen molar-refractivity contribution in [2.45, 2.75) is 51.3 Å². The monoisotopic (exact) mass is 365 g/mol. The summed E-state index contributed by atoms with van der Waals surface area (Å²) in [5.74, 6) is -0.449. The van der Waals surface area contributed by atoms with Crippen LogP contribution in [0.4, 0.5) is 4.79 Å². The molecule has 0 radical (unpaired) electrons. The van der Waals surface area contributed by atoms with Crippen molar-refractivity contribution in [2.75, 3.05) is 7.11 Å². The quantitative estimate of drug-likeness (QED) is 0.584. The van der Waals surface area contributed by atoms with Gasteiger partial charge in [-0.25, -0.2) is 9.59 Å². The first-order valence-corrected chi connectivity index (χ1v) is 8.62. The summed E-state index contributed by atoms with van der Waals surface area (Å²) in [5.41, 5.74) is 0.349. The minimum atomic E-state index is -0.602. The summed E-state index contributed by atoms with van der Waals surface area (Å²) in [4.78, 5) is 25.9. The normalized spacial score (nSPS) is 20.8. The molecule has 2 atom stereocenters. The fourth-order valence-corrected chi connectivity index (χ4v) is 3.10. The van der Waals surface area contributed by atoms with Gasteiger partial charge in [-0.1, -0.05) is 29.8 Å². The number of nitrogens with zero attached hydrogens (tertiary/aromatic N) is 1. The molecule has 25 heavy (non-hydrogen) atoms. The average molecular weight is 366 g/mol. The minimum Gasteiger partial charge on any atom is -0.466 e. The van der Waals surface area contributed by atoms with Crippen LogP contribution >= 0.6 is 11.6 Å². The van der Waals surface area contributed by atoms with E-state index in [4.69, 9.17) is 16.3 Å². The van der Waals surface area contributed by atoms with Crippen LogP contribution < -0.4 is 0 Å². The number of carbonyl (C=O) groups excluding carboxylic acids is 2. The van der Waals surface area contributed by atoms with Crippen LogP contribution in [0.2, 0.25) is 5.02 Å². The Bertz CT molecular complexity index is 666. The van der Waals surface area contributed by atoms with Crippen molar-refractivity contribution in [3.8, 4) is 0 Å². The number of hydrogen-bond donors (Lipinski definition) is 0. The SMILES string of the molecule is COC(=O)/C=C/[C@H]1CC[C@@H](c2cccc(Cl)c2)N1C(=O)OC(C)(C)C. The van der Waals surface area contributed by atoms with Gasteiger partial charge in [-0.05, 0) is 51.3 Å². The standard InChI is InChI=1S/C19H24ClNO4/c1-19(2,3)25-18(23)21-15(9-11-17(22)24-4)8-10-16(21)13-6-5-7-14(20)12-13/h5-7,9,11-12,15-16H,8,10H2,1-4H3/b11-9+/t15-,16+/m1/s1. The van der Waals surface area contributed by atoms with Crippen LogP contribution in [0.1, 0.15) is 45.2 Å². The van der Waals surface area contributed by atoms with E-state index in [1.54, 1.807) is 17.0 Å². The van der Waals surface area contributed by atoms with Gasteiger partial charge >= 0.3 is 12.1 Å². The zero-order chi connectivity index (χ0) is 18.6. The molecule has 1 amide bonds. The topological polar surface area (TPSA) is 55.8 Å². The number of likely N-dealkylation sites (tertiary alicyclic amines) is 1. The maximum atomic E-state index is 12.8. The average Bonchev–Trinajstić information content (AvgIpc) is 2.95. The number of hydrogen-bond acceptors (Lipinski definition) is 4. The molecule has 1 aromatic rings. The number of esters is 1. The molecular weight excluding hydrogens is 342 g/mol. The highest BCUT2D eigenvalue weighted by Crippen LogP contribution is 2.38. The van der Waals surface area contributed by atoms with E-state index in [0.717, 1.165) is 18.4 Å². The molecule has 1 heterocycles. The van der Waals surface area contributed by atoms with Gasteiger partial charge in [-0.2, -0.15) is 0 Å². The second kappa shape index (κ2) is 7.91. The molecule has 1 aliphatic rings. The number of methoxy groups -OCH3 is 1. The Kier molecular flexibility index (Phi) is 6.11. The second-order valence-electron chi connectivity index (χ2n) is 6.99. The number of ether oxygens (including phenoxy) is 2. The molecule has 0 spiro atoms. The Hall–Kier alpha value is -2.01. The first-order chi connectivity index (χ1) is 11.7. The lowest BCUT2D eigenvalue weighted by Gasteiger charge is -2.32. The molecule has 5 nitrogen and oxygen atoms in total. The molecule has 1 saturated heterocycles. The summed E-state index contributed by atoms with van der Waals surface area (Å²) >= 11 is 6.11. The van der Waals surface area contributed by atoms with E-state index < -0.39 is 17.7 Å². The van der Waals surface area contributed by atoms with Crippen molar-refractivity contribution in [3.63, 3.8) is 0 Å². The van der Waals surface area contributed by atoms with Crippen molar-refractivity contribution in [2.24, 2.45) is 0 Å². The van der Waals surface area contributed by atoms with Gasteiger partial charge < -0.3 is 9.47 Å². The second-order valence-corrected chi connectivity index (χ2v) is 7.42. The number of amides is 1. The van der Waals surface area contributed by atoms with Gasteiger partial charge in [0.1, 0.15) is 5.60 Å². The first-order valence-electron chi connectivity index (χ1n) is 8.24. The van der Waals surface area contributed by atoms with Crippen LogP contribution in [0.15, 0.2) is 36.4 Å². The van der Waals surface area contributed by atoms with Crippen LogP contribution in [0.5, 0.6) is 0 Å². The lowest BCUT2D eigenvalue weighted by atomic mass is 10.0. The largest absolute Gasteiger partial charge is 0.466 e. The highest BCUT2D eigenvalue weighted by atomic mass is 35.5. The van der Waals surface area contributed by atoms with E-state index in [0.29, 0.717) is 5.02 Å². The number of halogens is 1. The van der Waals surface area contributed by atoms with Gasteiger partial charge in [0.2, 0.25) is 0 Å². The molecule has 0 saturated carbocycles. The van der Waals surface area contributed by atoms with Crippen molar-refractivity contribution in [3.05, 3.63) is 47.0 Å². The predicted octanol–water partition coefficient (Wildman–Crippen LogP) is 4.51. The summed E-state index contributed by atoms with van der Waals surface area (Å²) in [5, 5.41) is 0.621. The van der Waals surface area contributed by atoms with Gasteiger partial charge in [-0.15, -0.1) is 0 Å². The lowest BCUT2D eigenvalue weighted by molar-refractivity contribution is -0.134. The summed E-state index contributed by atoms with van der Waals surface area (Å²) < 4.78 is 10.2. The molecule has 0 aromatic heterocycles. The zero-order valence-electron chi connectivity index (χ0n) is 15.0. The fourth-order valence-electron chi connectivity index (χ4n) is 2.90. The minimum absolute atomic E-state index is 0.152. The highest BCUT2D eigenvalue weighted by Gasteiger charge is 2.39. The Balaban J connectivity index is 2.31. The zero-order valence-corrected chi connectivity index (χ0v) is 15.7. The Morgan fingerprint density at radius 3 is 2.60 bits per heavy atom. The third-order valence-corrected chi connectivity index (χ3v) is 4.16. The Morgan fingerprint density at radius 2 is 2.00 bits per heavy atom. The van der Waals surface area contributed by atoms with Crippen LogP contribution in [0.3, 0.4) is 0 Å². The summed E-state index contributed by atoms with van der Waals surface area (Å²) in [7, 11) is 1.32. The van der Waals surface area contributed by atoms with Gasteiger partial charge in [-0.3, -0.25) is 4.90 Å². The van der Waals surface area contributed by atoms with Crippen LogP contribution in [0, 0.1) is 0 Å². The molecule has 2 rings (SSSR count). The van der Waals surface area contributed by atoms with E-state index in [9.17, 15) is 9.59 Å². The number of rotatable bonds is 3. The molecule has 6 heteroatoms. The molecule has 1 fully saturated rings. The fraction of sp³-hybridized carbons (Fsp3) is 0.474. The molecule has 0 unspecified atom stereocenters. The number of benzene rings is 1. The smallest absolute Gasteiger partial charge is 0.411 e. The highest BCUT2D eigenvalue weighted by molar-refractivity contribution is 6.30. The van der Waals surface area contributed by atoms with Crippen LogP contribution in [-0.4, -0.2) is 35.7 Å². The molecule has 1 aromatic carbocycles. The van der Waals surface area contributed by atoms with Gasteiger partial charge in [0, 0.05) is 11.1 Å².